The Hall–Kier alpha value is -2.24. The van der Waals surface area contributed by atoms with Crippen molar-refractivity contribution >= 4 is 17.6 Å². The van der Waals surface area contributed by atoms with Crippen LogP contribution in [0.3, 0.4) is 0 Å². The highest BCUT2D eigenvalue weighted by Gasteiger charge is 2.00. The second-order valence-corrected chi connectivity index (χ2v) is 5.65. The third-order valence-corrected chi connectivity index (χ3v) is 3.63. The highest BCUT2D eigenvalue weighted by Crippen LogP contribution is 2.15. The molecule has 2 aromatic rings. The van der Waals surface area contributed by atoms with Crippen molar-refractivity contribution in [1.29, 1.82) is 0 Å². The number of rotatable bonds is 8. The quantitative estimate of drug-likeness (QED) is 0.642. The highest BCUT2D eigenvalue weighted by atomic mass is 35.5. The monoisotopic (exact) mass is 348 g/mol. The molecular weight excluding hydrogens is 328 g/mol. The number of aliphatic hydroxyl groups is 1. The first-order valence-corrected chi connectivity index (χ1v) is 8.14. The fraction of sp³-hybridized carbons (Fsp3) is 0.278. The fourth-order valence-corrected chi connectivity index (χ4v) is 2.18. The van der Waals surface area contributed by atoms with E-state index >= 15 is 0 Å². The molecule has 6 heteroatoms. The summed E-state index contributed by atoms with van der Waals surface area (Å²) in [6, 6.07) is 14.5. The van der Waals surface area contributed by atoms with Gasteiger partial charge in [0, 0.05) is 11.6 Å². The highest BCUT2D eigenvalue weighted by molar-refractivity contribution is 6.30. The molecule has 0 saturated carbocycles. The van der Waals surface area contributed by atoms with Gasteiger partial charge in [0.15, 0.2) is 0 Å². The Morgan fingerprint density at radius 3 is 2.25 bits per heavy atom. The van der Waals surface area contributed by atoms with Crippen LogP contribution in [-0.2, 0) is 13.0 Å². The van der Waals surface area contributed by atoms with Crippen LogP contribution < -0.4 is 15.4 Å². The van der Waals surface area contributed by atoms with Gasteiger partial charge in [0.1, 0.15) is 12.4 Å². The van der Waals surface area contributed by atoms with Crippen molar-refractivity contribution in [2.24, 2.45) is 0 Å². The third kappa shape index (κ3) is 6.48. The zero-order valence-corrected chi connectivity index (χ0v) is 14.1. The van der Waals surface area contributed by atoms with Crippen LogP contribution in [0.1, 0.15) is 11.1 Å². The number of benzene rings is 2. The van der Waals surface area contributed by atoms with Crippen LogP contribution in [-0.4, -0.2) is 30.8 Å². The van der Waals surface area contributed by atoms with Crippen molar-refractivity contribution in [1.82, 2.24) is 10.6 Å². The SMILES string of the molecule is O=C(NCCOc1ccc(Cl)cc1)NCCc1ccc(CO)cc1. The van der Waals surface area contributed by atoms with Crippen molar-refractivity contribution in [2.75, 3.05) is 19.7 Å². The number of urea groups is 1. The van der Waals surface area contributed by atoms with Crippen molar-refractivity contribution < 1.29 is 14.6 Å². The second-order valence-electron chi connectivity index (χ2n) is 5.21. The number of nitrogens with one attached hydrogen (secondary N) is 2. The molecule has 0 heterocycles. The van der Waals surface area contributed by atoms with E-state index in [0.29, 0.717) is 30.5 Å². The van der Waals surface area contributed by atoms with E-state index in [1.54, 1.807) is 24.3 Å². The van der Waals surface area contributed by atoms with Crippen LogP contribution >= 0.6 is 11.6 Å². The molecule has 0 aliphatic heterocycles. The number of ether oxygens (including phenoxy) is 1. The average Bonchev–Trinajstić information content (AvgIpc) is 2.61. The molecule has 0 spiro atoms. The maximum Gasteiger partial charge on any atom is 0.314 e. The van der Waals surface area contributed by atoms with Gasteiger partial charge >= 0.3 is 6.03 Å². The standard InChI is InChI=1S/C18H21ClN2O3/c19-16-5-7-17(8-6-16)24-12-11-21-18(23)20-10-9-14-1-3-15(13-22)4-2-14/h1-8,22H,9-13H2,(H2,20,21,23). The molecule has 128 valence electrons. The number of amides is 2. The number of aliphatic hydroxyl groups excluding tert-OH is 1. The lowest BCUT2D eigenvalue weighted by atomic mass is 10.1. The molecule has 0 atom stereocenters. The molecule has 0 radical (unpaired) electrons. The molecule has 0 aliphatic rings. The van der Waals surface area contributed by atoms with Crippen LogP contribution in [0.25, 0.3) is 0 Å². The molecule has 0 unspecified atom stereocenters. The van der Waals surface area contributed by atoms with Gasteiger partial charge in [-0.05, 0) is 41.8 Å². The summed E-state index contributed by atoms with van der Waals surface area (Å²) in [5, 5.41) is 15.2. The van der Waals surface area contributed by atoms with E-state index in [4.69, 9.17) is 21.4 Å². The molecular formula is C18H21ClN2O3. The second kappa shape index (κ2) is 9.80. The normalized spacial score (nSPS) is 10.2. The van der Waals surface area contributed by atoms with Gasteiger partial charge in [0.2, 0.25) is 0 Å². The Morgan fingerprint density at radius 1 is 0.958 bits per heavy atom. The minimum Gasteiger partial charge on any atom is -0.492 e. The third-order valence-electron chi connectivity index (χ3n) is 3.37. The van der Waals surface area contributed by atoms with Crippen molar-refractivity contribution in [3.05, 3.63) is 64.7 Å². The van der Waals surface area contributed by atoms with Crippen LogP contribution in [0.5, 0.6) is 5.75 Å². The summed E-state index contributed by atoms with van der Waals surface area (Å²) in [6.45, 7) is 1.39. The predicted octanol–water partition coefficient (Wildman–Crippen LogP) is 2.75. The summed E-state index contributed by atoms with van der Waals surface area (Å²) in [5.41, 5.74) is 1.99. The maximum atomic E-state index is 11.7. The zero-order chi connectivity index (χ0) is 17.2. The Kier molecular flexibility index (Phi) is 7.39. The first-order valence-electron chi connectivity index (χ1n) is 7.76. The Labute approximate surface area is 146 Å². The summed E-state index contributed by atoms with van der Waals surface area (Å²) in [5.74, 6) is 0.716. The van der Waals surface area contributed by atoms with Gasteiger partial charge in [0.25, 0.3) is 0 Å². The van der Waals surface area contributed by atoms with Crippen LogP contribution in [0.15, 0.2) is 48.5 Å². The average molecular weight is 349 g/mol. The van der Waals surface area contributed by atoms with Crippen LogP contribution in [0.4, 0.5) is 4.79 Å². The lowest BCUT2D eigenvalue weighted by Crippen LogP contribution is -2.38. The number of hydrogen-bond donors (Lipinski definition) is 3. The van der Waals surface area contributed by atoms with E-state index in [2.05, 4.69) is 10.6 Å². The van der Waals surface area contributed by atoms with Crippen LogP contribution in [0.2, 0.25) is 5.02 Å². The number of carbonyl (C=O) groups excluding carboxylic acids is 1. The lowest BCUT2D eigenvalue weighted by Gasteiger charge is -2.09. The molecule has 2 aromatic carbocycles. The van der Waals surface area contributed by atoms with Gasteiger partial charge in [-0.3, -0.25) is 0 Å². The predicted molar refractivity (Wildman–Crippen MR) is 94.4 cm³/mol. The Morgan fingerprint density at radius 2 is 1.58 bits per heavy atom. The van der Waals surface area contributed by atoms with E-state index < -0.39 is 0 Å². The summed E-state index contributed by atoms with van der Waals surface area (Å²) in [6.07, 6.45) is 0.737. The molecule has 24 heavy (non-hydrogen) atoms. The van der Waals surface area contributed by atoms with E-state index in [9.17, 15) is 4.79 Å². The van der Waals surface area contributed by atoms with Gasteiger partial charge in [-0.1, -0.05) is 35.9 Å². The van der Waals surface area contributed by atoms with Gasteiger partial charge in [-0.2, -0.15) is 0 Å². The smallest absolute Gasteiger partial charge is 0.314 e. The van der Waals surface area contributed by atoms with Gasteiger partial charge in [-0.25, -0.2) is 4.79 Å². The Bertz CT molecular complexity index is 630. The molecule has 3 N–H and O–H groups in total. The fourth-order valence-electron chi connectivity index (χ4n) is 2.06. The van der Waals surface area contributed by atoms with Gasteiger partial charge in [0.05, 0.1) is 13.2 Å². The molecule has 0 bridgehead atoms. The summed E-state index contributed by atoms with van der Waals surface area (Å²) in [4.78, 5) is 11.7. The first kappa shape index (κ1) is 18.1. The van der Waals surface area contributed by atoms with Gasteiger partial charge in [-0.15, -0.1) is 0 Å². The summed E-state index contributed by atoms with van der Waals surface area (Å²) >= 11 is 5.79. The first-order chi connectivity index (χ1) is 11.7. The van der Waals surface area contributed by atoms with Crippen molar-refractivity contribution in [3.63, 3.8) is 0 Å². The largest absolute Gasteiger partial charge is 0.492 e. The van der Waals surface area contributed by atoms with Gasteiger partial charge < -0.3 is 20.5 Å². The van der Waals surface area contributed by atoms with Crippen LogP contribution in [0, 0.1) is 0 Å². The van der Waals surface area contributed by atoms with E-state index in [1.165, 1.54) is 0 Å². The minimum absolute atomic E-state index is 0.0407. The zero-order valence-electron chi connectivity index (χ0n) is 13.3. The molecule has 2 rings (SSSR count). The summed E-state index contributed by atoms with van der Waals surface area (Å²) in [7, 11) is 0. The minimum atomic E-state index is -0.221. The van der Waals surface area contributed by atoms with Crippen molar-refractivity contribution in [2.45, 2.75) is 13.0 Å². The van der Waals surface area contributed by atoms with Crippen molar-refractivity contribution in [3.8, 4) is 5.75 Å². The maximum absolute atomic E-state index is 11.7. The molecule has 2 amide bonds. The molecule has 0 aliphatic carbocycles. The number of carbonyl (C=O) groups is 1. The summed E-state index contributed by atoms with van der Waals surface area (Å²) < 4.78 is 5.49. The number of halogens is 1. The topological polar surface area (TPSA) is 70.6 Å². The lowest BCUT2D eigenvalue weighted by molar-refractivity contribution is 0.236. The van der Waals surface area contributed by atoms with E-state index in [1.807, 2.05) is 24.3 Å². The van der Waals surface area contributed by atoms with E-state index in [-0.39, 0.29) is 12.6 Å². The molecule has 0 fully saturated rings. The van der Waals surface area contributed by atoms with E-state index in [0.717, 1.165) is 17.5 Å². The molecule has 0 saturated heterocycles. The molecule has 5 nitrogen and oxygen atoms in total. The Balaban J connectivity index is 1.56. The number of hydrogen-bond acceptors (Lipinski definition) is 3. The molecule has 0 aromatic heterocycles.